The number of aromatic nitrogens is 1. The minimum atomic E-state index is -0.649. The lowest BCUT2D eigenvalue weighted by Gasteiger charge is -2.15. The molecule has 0 bridgehead atoms. The van der Waals surface area contributed by atoms with Crippen LogP contribution < -0.4 is 20.5 Å². The molecule has 10 heteroatoms. The first-order valence-electron chi connectivity index (χ1n) is 9.30. The molecule has 0 aliphatic carbocycles. The van der Waals surface area contributed by atoms with Gasteiger partial charge in [-0.15, -0.1) is 0 Å². The molecule has 1 amide bonds. The van der Waals surface area contributed by atoms with E-state index in [0.29, 0.717) is 22.9 Å². The monoisotopic (exact) mass is 449 g/mol. The molecule has 3 aromatic rings. The van der Waals surface area contributed by atoms with Gasteiger partial charge in [-0.3, -0.25) is 4.79 Å². The third-order valence-electron chi connectivity index (χ3n) is 4.46. The van der Waals surface area contributed by atoms with Crippen molar-refractivity contribution in [2.24, 2.45) is 0 Å². The first-order valence-corrected chi connectivity index (χ1v) is 10.2. The number of anilines is 2. The number of nitriles is 2. The Bertz CT molecular complexity index is 1210. The molecule has 0 aliphatic heterocycles. The van der Waals surface area contributed by atoms with Crippen LogP contribution in [0.25, 0.3) is 11.3 Å². The van der Waals surface area contributed by atoms with Gasteiger partial charge in [-0.25, -0.2) is 4.98 Å². The molecule has 162 valence electrons. The van der Waals surface area contributed by atoms with Gasteiger partial charge in [0.2, 0.25) is 5.91 Å². The number of thioether (sulfide) groups is 1. The van der Waals surface area contributed by atoms with Crippen LogP contribution in [0.1, 0.15) is 18.1 Å². The summed E-state index contributed by atoms with van der Waals surface area (Å²) in [6.45, 7) is 1.67. The van der Waals surface area contributed by atoms with E-state index in [2.05, 4.69) is 16.4 Å². The van der Waals surface area contributed by atoms with Crippen molar-refractivity contribution >= 4 is 29.2 Å². The number of amides is 1. The van der Waals surface area contributed by atoms with E-state index in [1.165, 1.54) is 20.5 Å². The molecule has 9 nitrogen and oxygen atoms in total. The van der Waals surface area contributed by atoms with E-state index < -0.39 is 5.25 Å². The molecule has 1 aromatic carbocycles. The molecule has 0 aliphatic rings. The number of pyridine rings is 1. The van der Waals surface area contributed by atoms with E-state index in [1.807, 2.05) is 6.07 Å². The summed E-state index contributed by atoms with van der Waals surface area (Å²) in [6.07, 6.45) is 1.43. The van der Waals surface area contributed by atoms with Crippen LogP contribution in [0.2, 0.25) is 0 Å². The molecule has 0 fully saturated rings. The smallest absolute Gasteiger partial charge is 0.237 e. The maximum atomic E-state index is 12.8. The van der Waals surface area contributed by atoms with Crippen LogP contribution in [0.3, 0.4) is 0 Å². The third kappa shape index (κ3) is 4.61. The predicted molar refractivity (Wildman–Crippen MR) is 119 cm³/mol. The fraction of sp³-hybridized carbons (Fsp3) is 0.182. The van der Waals surface area contributed by atoms with Crippen LogP contribution in [0, 0.1) is 22.7 Å². The van der Waals surface area contributed by atoms with Crippen LogP contribution in [-0.2, 0) is 4.79 Å². The van der Waals surface area contributed by atoms with Gasteiger partial charge >= 0.3 is 0 Å². The Morgan fingerprint density at radius 3 is 2.38 bits per heavy atom. The van der Waals surface area contributed by atoms with Gasteiger partial charge in [-0.2, -0.15) is 10.5 Å². The number of ether oxygens (including phenoxy) is 2. The third-order valence-corrected chi connectivity index (χ3v) is 5.55. The minimum Gasteiger partial charge on any atom is -0.497 e. The van der Waals surface area contributed by atoms with Crippen molar-refractivity contribution in [2.75, 3.05) is 25.3 Å². The zero-order valence-electron chi connectivity index (χ0n) is 17.5. The summed E-state index contributed by atoms with van der Waals surface area (Å²) in [4.78, 5) is 17.0. The normalized spacial score (nSPS) is 11.2. The molecular formula is C22H19N5O4S. The molecule has 2 aromatic heterocycles. The predicted octanol–water partition coefficient (Wildman–Crippen LogP) is 3.80. The first-order chi connectivity index (χ1) is 15.4. The average Bonchev–Trinajstić information content (AvgIpc) is 3.32. The van der Waals surface area contributed by atoms with E-state index >= 15 is 0 Å². The maximum absolute atomic E-state index is 12.8. The number of benzene rings is 1. The number of furan rings is 1. The van der Waals surface area contributed by atoms with E-state index in [0.717, 1.165) is 11.8 Å². The van der Waals surface area contributed by atoms with Gasteiger partial charge in [0.05, 0.1) is 36.9 Å². The molecule has 1 unspecified atom stereocenters. The van der Waals surface area contributed by atoms with Gasteiger partial charge in [0, 0.05) is 23.9 Å². The molecule has 0 spiro atoms. The van der Waals surface area contributed by atoms with Crippen molar-refractivity contribution < 1.29 is 18.7 Å². The Hall–Kier alpha value is -4.15. The summed E-state index contributed by atoms with van der Waals surface area (Å²) >= 11 is 1.05. The molecule has 3 N–H and O–H groups in total. The van der Waals surface area contributed by atoms with Gasteiger partial charge < -0.3 is 24.9 Å². The summed E-state index contributed by atoms with van der Waals surface area (Å²) < 4.78 is 15.8. The topological polar surface area (TPSA) is 147 Å². The van der Waals surface area contributed by atoms with Crippen LogP contribution in [0.15, 0.2) is 46.0 Å². The maximum Gasteiger partial charge on any atom is 0.237 e. The number of hydrogen-bond acceptors (Lipinski definition) is 9. The highest BCUT2D eigenvalue weighted by Crippen LogP contribution is 2.37. The summed E-state index contributed by atoms with van der Waals surface area (Å²) in [5.41, 5.74) is 6.87. The van der Waals surface area contributed by atoms with Crippen molar-refractivity contribution in [3.05, 3.63) is 47.7 Å². The first kappa shape index (κ1) is 22.5. The zero-order valence-corrected chi connectivity index (χ0v) is 18.3. The van der Waals surface area contributed by atoms with Crippen LogP contribution in [0.4, 0.5) is 11.5 Å². The summed E-state index contributed by atoms with van der Waals surface area (Å²) in [5.74, 6) is 0.978. The second kappa shape index (κ2) is 9.77. The standard InChI is InChI=1S/C22H19N5O4S/c1-12(21(28)26-13-7-14(29-2)9-15(8-13)30-3)32-22-17(11-24)19(18-5-4-6-31-18)16(10-23)20(25)27-22/h4-9,12H,1-3H3,(H2,25,27)(H,26,28). The Morgan fingerprint density at radius 2 is 1.84 bits per heavy atom. The Morgan fingerprint density at radius 1 is 1.19 bits per heavy atom. The van der Waals surface area contributed by atoms with Crippen molar-refractivity contribution in [3.63, 3.8) is 0 Å². The number of nitrogens with two attached hydrogens (primary N) is 1. The lowest BCUT2D eigenvalue weighted by Crippen LogP contribution is -2.23. The second-order valence-electron chi connectivity index (χ2n) is 6.48. The van der Waals surface area contributed by atoms with Gasteiger partial charge in [0.25, 0.3) is 0 Å². The lowest BCUT2D eigenvalue weighted by atomic mass is 10.0. The highest BCUT2D eigenvalue weighted by atomic mass is 32.2. The molecule has 0 saturated heterocycles. The number of carbonyl (C=O) groups is 1. The summed E-state index contributed by atoms with van der Waals surface area (Å²) in [5, 5.41) is 21.7. The largest absolute Gasteiger partial charge is 0.497 e. The van der Waals surface area contributed by atoms with Gasteiger partial charge in [-0.05, 0) is 19.1 Å². The van der Waals surface area contributed by atoms with E-state index in [-0.39, 0.29) is 33.4 Å². The van der Waals surface area contributed by atoms with E-state index in [4.69, 9.17) is 19.6 Å². The van der Waals surface area contributed by atoms with Crippen LogP contribution >= 0.6 is 11.8 Å². The molecular weight excluding hydrogens is 430 g/mol. The number of nitrogen functional groups attached to an aromatic ring is 1. The fourth-order valence-corrected chi connectivity index (χ4v) is 3.81. The quantitative estimate of drug-likeness (QED) is 0.514. The van der Waals surface area contributed by atoms with Gasteiger partial charge in [0.15, 0.2) is 0 Å². The van der Waals surface area contributed by atoms with Gasteiger partial charge in [-0.1, -0.05) is 11.8 Å². The number of nitrogens with zero attached hydrogens (tertiary/aromatic N) is 3. The molecule has 2 heterocycles. The number of nitrogens with one attached hydrogen (secondary N) is 1. The SMILES string of the molecule is COc1cc(NC(=O)C(C)Sc2nc(N)c(C#N)c(-c3ccco3)c2C#N)cc(OC)c1. The summed E-state index contributed by atoms with van der Waals surface area (Å²) in [7, 11) is 3.03. The van der Waals surface area contributed by atoms with E-state index in [9.17, 15) is 15.3 Å². The molecule has 0 saturated carbocycles. The molecule has 32 heavy (non-hydrogen) atoms. The highest BCUT2D eigenvalue weighted by molar-refractivity contribution is 8.00. The zero-order chi connectivity index (χ0) is 23.3. The Balaban J connectivity index is 1.91. The molecule has 3 rings (SSSR count). The highest BCUT2D eigenvalue weighted by Gasteiger charge is 2.25. The number of rotatable bonds is 7. The van der Waals surface area contributed by atoms with Crippen molar-refractivity contribution in [1.29, 1.82) is 10.5 Å². The average molecular weight is 449 g/mol. The number of methoxy groups -OCH3 is 2. The van der Waals surface area contributed by atoms with Crippen molar-refractivity contribution in [2.45, 2.75) is 17.2 Å². The van der Waals surface area contributed by atoms with Crippen LogP contribution in [-0.4, -0.2) is 30.4 Å². The van der Waals surface area contributed by atoms with Crippen LogP contribution in [0.5, 0.6) is 11.5 Å². The second-order valence-corrected chi connectivity index (χ2v) is 7.81. The number of carbonyl (C=O) groups excluding carboxylic acids is 1. The Kier molecular flexibility index (Phi) is 6.88. The van der Waals surface area contributed by atoms with Gasteiger partial charge in [0.1, 0.15) is 45.8 Å². The summed E-state index contributed by atoms with van der Waals surface area (Å²) in [6, 6.07) is 12.3. The lowest BCUT2D eigenvalue weighted by molar-refractivity contribution is -0.115. The number of hydrogen-bond donors (Lipinski definition) is 2. The van der Waals surface area contributed by atoms with E-state index in [1.54, 1.807) is 37.3 Å². The fourth-order valence-electron chi connectivity index (χ4n) is 2.90. The Labute approximate surface area is 188 Å². The van der Waals surface area contributed by atoms with Crippen molar-refractivity contribution in [1.82, 2.24) is 4.98 Å². The molecule has 1 atom stereocenters. The molecule has 0 radical (unpaired) electrons. The van der Waals surface area contributed by atoms with Crippen molar-refractivity contribution in [3.8, 4) is 35.0 Å². The minimum absolute atomic E-state index is 0.0430.